The van der Waals surface area contributed by atoms with Crippen molar-refractivity contribution in [1.82, 2.24) is 5.06 Å². The largest absolute Gasteiger partial charge is 0.328 e. The molecule has 0 aromatic carbocycles. The van der Waals surface area contributed by atoms with Gasteiger partial charge in [0.1, 0.15) is 0 Å². The van der Waals surface area contributed by atoms with E-state index in [2.05, 4.69) is 0 Å². The highest BCUT2D eigenvalue weighted by Crippen LogP contribution is 2.12. The van der Waals surface area contributed by atoms with Crippen molar-refractivity contribution in [3.05, 3.63) is 0 Å². The molecule has 0 amide bonds. The molecule has 3 nitrogen and oxygen atoms in total. The SMILES string of the molecule is CC1CC(N)CCN1O. The van der Waals surface area contributed by atoms with Crippen LogP contribution in [0.2, 0.25) is 0 Å². The van der Waals surface area contributed by atoms with Crippen LogP contribution in [0.15, 0.2) is 0 Å². The van der Waals surface area contributed by atoms with Gasteiger partial charge in [-0.25, -0.2) is 0 Å². The molecule has 54 valence electrons. The normalized spacial score (nSPS) is 39.0. The fourth-order valence-corrected chi connectivity index (χ4v) is 1.20. The van der Waals surface area contributed by atoms with Crippen molar-refractivity contribution in [3.63, 3.8) is 0 Å². The summed E-state index contributed by atoms with van der Waals surface area (Å²) >= 11 is 0. The molecule has 0 spiro atoms. The first-order valence-corrected chi connectivity index (χ1v) is 3.41. The van der Waals surface area contributed by atoms with Gasteiger partial charge in [0.2, 0.25) is 0 Å². The van der Waals surface area contributed by atoms with Crippen LogP contribution in [0.4, 0.5) is 0 Å². The summed E-state index contributed by atoms with van der Waals surface area (Å²) in [5.74, 6) is 0. The van der Waals surface area contributed by atoms with Gasteiger partial charge in [-0.05, 0) is 19.8 Å². The summed E-state index contributed by atoms with van der Waals surface area (Å²) < 4.78 is 0. The molecule has 0 aromatic rings. The van der Waals surface area contributed by atoms with E-state index in [4.69, 9.17) is 10.9 Å². The van der Waals surface area contributed by atoms with Gasteiger partial charge in [0.05, 0.1) is 0 Å². The predicted octanol–water partition coefficient (Wildman–Crippen LogP) is 0.187. The maximum Gasteiger partial charge on any atom is 0.0336 e. The molecule has 0 bridgehead atoms. The smallest absolute Gasteiger partial charge is 0.0336 e. The molecular formula is C6H14N2O. The summed E-state index contributed by atoms with van der Waals surface area (Å²) in [7, 11) is 0. The molecule has 1 fully saturated rings. The quantitative estimate of drug-likeness (QED) is 0.492. The van der Waals surface area contributed by atoms with Gasteiger partial charge in [0.25, 0.3) is 0 Å². The molecule has 3 N–H and O–H groups in total. The van der Waals surface area contributed by atoms with Crippen molar-refractivity contribution in [2.24, 2.45) is 5.73 Å². The number of piperidine rings is 1. The monoisotopic (exact) mass is 130 g/mol. The lowest BCUT2D eigenvalue weighted by atomic mass is 10.0. The Morgan fingerprint density at radius 3 is 2.78 bits per heavy atom. The first kappa shape index (κ1) is 6.99. The third-order valence-corrected chi connectivity index (χ3v) is 1.88. The second kappa shape index (κ2) is 2.64. The fraction of sp³-hybridized carbons (Fsp3) is 1.00. The maximum absolute atomic E-state index is 9.07. The van der Waals surface area contributed by atoms with Crippen LogP contribution in [0.25, 0.3) is 0 Å². The summed E-state index contributed by atoms with van der Waals surface area (Å²) in [4.78, 5) is 0. The molecule has 2 unspecified atom stereocenters. The zero-order valence-electron chi connectivity index (χ0n) is 5.75. The molecule has 0 saturated carbocycles. The van der Waals surface area contributed by atoms with E-state index in [9.17, 15) is 0 Å². The van der Waals surface area contributed by atoms with E-state index in [1.54, 1.807) is 0 Å². The summed E-state index contributed by atoms with van der Waals surface area (Å²) in [6.45, 7) is 2.71. The Hall–Kier alpha value is -0.120. The minimum absolute atomic E-state index is 0.244. The fourth-order valence-electron chi connectivity index (χ4n) is 1.20. The molecule has 0 aromatic heterocycles. The van der Waals surface area contributed by atoms with Crippen LogP contribution < -0.4 is 5.73 Å². The Bertz CT molecular complexity index is 97.1. The van der Waals surface area contributed by atoms with Gasteiger partial charge in [0, 0.05) is 18.6 Å². The van der Waals surface area contributed by atoms with E-state index < -0.39 is 0 Å². The van der Waals surface area contributed by atoms with E-state index >= 15 is 0 Å². The number of nitrogens with zero attached hydrogens (tertiary/aromatic N) is 1. The van der Waals surface area contributed by atoms with Crippen LogP contribution in [0.1, 0.15) is 19.8 Å². The van der Waals surface area contributed by atoms with Crippen LogP contribution >= 0.6 is 0 Å². The number of hydrogen-bond donors (Lipinski definition) is 2. The highest BCUT2D eigenvalue weighted by Gasteiger charge is 2.20. The maximum atomic E-state index is 9.07. The Balaban J connectivity index is 2.35. The Morgan fingerprint density at radius 2 is 2.33 bits per heavy atom. The van der Waals surface area contributed by atoms with Crippen LogP contribution in [0, 0.1) is 0 Å². The predicted molar refractivity (Wildman–Crippen MR) is 35.2 cm³/mol. The van der Waals surface area contributed by atoms with Gasteiger partial charge in [-0.2, -0.15) is 5.06 Å². The Morgan fingerprint density at radius 1 is 1.67 bits per heavy atom. The average molecular weight is 130 g/mol. The molecule has 1 heterocycles. The lowest BCUT2D eigenvalue weighted by molar-refractivity contribution is -0.138. The van der Waals surface area contributed by atoms with Crippen molar-refractivity contribution in [3.8, 4) is 0 Å². The van der Waals surface area contributed by atoms with E-state index in [1.165, 1.54) is 5.06 Å². The summed E-state index contributed by atoms with van der Waals surface area (Å²) in [5.41, 5.74) is 5.65. The molecular weight excluding hydrogens is 116 g/mol. The second-order valence-electron chi connectivity index (χ2n) is 2.80. The summed E-state index contributed by atoms with van der Waals surface area (Å²) in [6.07, 6.45) is 1.83. The Kier molecular flexibility index (Phi) is 2.05. The van der Waals surface area contributed by atoms with Gasteiger partial charge >= 0.3 is 0 Å². The molecule has 1 saturated heterocycles. The lowest BCUT2D eigenvalue weighted by Gasteiger charge is -2.31. The zero-order valence-corrected chi connectivity index (χ0v) is 5.75. The van der Waals surface area contributed by atoms with Crippen molar-refractivity contribution in [2.45, 2.75) is 31.8 Å². The van der Waals surface area contributed by atoms with Crippen molar-refractivity contribution in [1.29, 1.82) is 0 Å². The number of hydroxylamine groups is 2. The second-order valence-corrected chi connectivity index (χ2v) is 2.80. The van der Waals surface area contributed by atoms with Crippen LogP contribution in [-0.2, 0) is 0 Å². The highest BCUT2D eigenvalue weighted by molar-refractivity contribution is 4.75. The Labute approximate surface area is 55.4 Å². The molecule has 1 aliphatic heterocycles. The lowest BCUT2D eigenvalue weighted by Crippen LogP contribution is -2.43. The standard InChI is InChI=1S/C6H14N2O/c1-5-4-6(7)2-3-8(5)9/h5-6,9H,2-4,7H2,1H3. The molecule has 0 radical (unpaired) electrons. The molecule has 9 heavy (non-hydrogen) atoms. The zero-order chi connectivity index (χ0) is 6.85. The van der Waals surface area contributed by atoms with E-state index in [-0.39, 0.29) is 6.04 Å². The van der Waals surface area contributed by atoms with Gasteiger partial charge in [0.15, 0.2) is 0 Å². The van der Waals surface area contributed by atoms with Gasteiger partial charge in [-0.3, -0.25) is 0 Å². The molecule has 3 heteroatoms. The van der Waals surface area contributed by atoms with Crippen molar-refractivity contribution >= 4 is 0 Å². The molecule has 1 rings (SSSR count). The average Bonchev–Trinajstić information content (AvgIpc) is 1.80. The van der Waals surface area contributed by atoms with Crippen LogP contribution in [-0.4, -0.2) is 28.9 Å². The highest BCUT2D eigenvalue weighted by atomic mass is 16.5. The number of nitrogens with two attached hydrogens (primary N) is 1. The van der Waals surface area contributed by atoms with Crippen molar-refractivity contribution in [2.75, 3.05) is 6.54 Å². The van der Waals surface area contributed by atoms with Gasteiger partial charge < -0.3 is 10.9 Å². The number of hydrogen-bond acceptors (Lipinski definition) is 3. The summed E-state index contributed by atoms with van der Waals surface area (Å²) in [6, 6.07) is 0.539. The third kappa shape index (κ3) is 1.64. The van der Waals surface area contributed by atoms with E-state index in [1.807, 2.05) is 6.92 Å². The molecule has 0 aliphatic carbocycles. The van der Waals surface area contributed by atoms with Crippen molar-refractivity contribution < 1.29 is 5.21 Å². The molecule has 2 atom stereocenters. The van der Waals surface area contributed by atoms with Crippen LogP contribution in [0.3, 0.4) is 0 Å². The topological polar surface area (TPSA) is 49.5 Å². The van der Waals surface area contributed by atoms with Crippen LogP contribution in [0.5, 0.6) is 0 Å². The van der Waals surface area contributed by atoms with Gasteiger partial charge in [-0.15, -0.1) is 0 Å². The first-order chi connectivity index (χ1) is 4.20. The minimum atomic E-state index is 0.244. The van der Waals surface area contributed by atoms with Gasteiger partial charge in [-0.1, -0.05) is 0 Å². The first-order valence-electron chi connectivity index (χ1n) is 3.41. The number of rotatable bonds is 0. The summed E-state index contributed by atoms with van der Waals surface area (Å²) in [5, 5.41) is 10.4. The third-order valence-electron chi connectivity index (χ3n) is 1.88. The van der Waals surface area contributed by atoms with E-state index in [0.29, 0.717) is 6.04 Å². The minimum Gasteiger partial charge on any atom is -0.328 e. The molecule has 1 aliphatic rings. The van der Waals surface area contributed by atoms with E-state index in [0.717, 1.165) is 19.4 Å².